The predicted octanol–water partition coefficient (Wildman–Crippen LogP) is 2.98. The van der Waals surface area contributed by atoms with E-state index in [9.17, 15) is 13.6 Å². The first-order chi connectivity index (χ1) is 9.15. The molecule has 1 N–H and O–H groups in total. The summed E-state index contributed by atoms with van der Waals surface area (Å²) in [6.07, 6.45) is 4.31. The van der Waals surface area contributed by atoms with Gasteiger partial charge in [0.2, 0.25) is 5.91 Å². The Hall–Kier alpha value is -1.45. The van der Waals surface area contributed by atoms with Gasteiger partial charge in [-0.3, -0.25) is 4.79 Å². The fourth-order valence-corrected chi connectivity index (χ4v) is 2.70. The van der Waals surface area contributed by atoms with Crippen molar-refractivity contribution in [3.63, 3.8) is 0 Å². The van der Waals surface area contributed by atoms with Gasteiger partial charge in [-0.1, -0.05) is 12.5 Å². The lowest BCUT2D eigenvalue weighted by Crippen LogP contribution is -2.33. The summed E-state index contributed by atoms with van der Waals surface area (Å²) in [4.78, 5) is 11.9. The number of benzene rings is 1. The number of carbonyl (C=O) groups is 1. The van der Waals surface area contributed by atoms with Gasteiger partial charge in [0, 0.05) is 18.5 Å². The lowest BCUT2D eigenvalue weighted by atomic mass is 9.85. The molecule has 0 aromatic heterocycles. The molecule has 2 atom stereocenters. The standard InChI is InChI=1S/C15H17F2NO/c16-10-4-5-11(14(17)6-10)12-7-13(12)15(19)18-8-9-2-1-3-9/h4-6,9,12-13H,1-3,7-8H2,(H,18,19)/t12-,13+/m0/s1. The summed E-state index contributed by atoms with van der Waals surface area (Å²) in [7, 11) is 0. The summed E-state index contributed by atoms with van der Waals surface area (Å²) in [6.45, 7) is 0.744. The maximum Gasteiger partial charge on any atom is 0.223 e. The van der Waals surface area contributed by atoms with Crippen LogP contribution in [0.4, 0.5) is 8.78 Å². The summed E-state index contributed by atoms with van der Waals surface area (Å²) in [6, 6.07) is 3.59. The summed E-state index contributed by atoms with van der Waals surface area (Å²) in [5, 5.41) is 2.94. The van der Waals surface area contributed by atoms with Crippen LogP contribution in [0.1, 0.15) is 37.2 Å². The zero-order chi connectivity index (χ0) is 13.4. The zero-order valence-electron chi connectivity index (χ0n) is 10.7. The van der Waals surface area contributed by atoms with E-state index in [1.165, 1.54) is 31.4 Å². The molecular formula is C15H17F2NO. The highest BCUT2D eigenvalue weighted by Crippen LogP contribution is 2.48. The molecule has 1 aromatic rings. The minimum absolute atomic E-state index is 0.0145. The number of nitrogens with one attached hydrogen (secondary N) is 1. The summed E-state index contributed by atoms with van der Waals surface area (Å²) >= 11 is 0. The maximum atomic E-state index is 13.6. The van der Waals surface area contributed by atoms with Gasteiger partial charge in [0.1, 0.15) is 11.6 Å². The molecule has 0 spiro atoms. The van der Waals surface area contributed by atoms with E-state index < -0.39 is 11.6 Å². The normalized spacial score (nSPS) is 25.8. The lowest BCUT2D eigenvalue weighted by Gasteiger charge is -2.25. The van der Waals surface area contributed by atoms with E-state index in [1.807, 2.05) is 0 Å². The molecule has 102 valence electrons. The average Bonchev–Trinajstić information content (AvgIpc) is 3.06. The number of hydrogen-bond acceptors (Lipinski definition) is 1. The van der Waals surface area contributed by atoms with Crippen LogP contribution in [-0.4, -0.2) is 12.5 Å². The van der Waals surface area contributed by atoms with E-state index in [2.05, 4.69) is 5.32 Å². The molecule has 2 nitrogen and oxygen atoms in total. The fraction of sp³-hybridized carbons (Fsp3) is 0.533. The Bertz CT molecular complexity index is 499. The summed E-state index contributed by atoms with van der Waals surface area (Å²) in [5.41, 5.74) is 0.463. The molecule has 0 aliphatic heterocycles. The molecule has 1 aromatic carbocycles. The van der Waals surface area contributed by atoms with Crippen molar-refractivity contribution < 1.29 is 13.6 Å². The van der Waals surface area contributed by atoms with Crippen molar-refractivity contribution in [1.82, 2.24) is 5.32 Å². The van der Waals surface area contributed by atoms with Gasteiger partial charge in [0.25, 0.3) is 0 Å². The van der Waals surface area contributed by atoms with Crippen LogP contribution in [0, 0.1) is 23.5 Å². The zero-order valence-corrected chi connectivity index (χ0v) is 10.7. The van der Waals surface area contributed by atoms with Gasteiger partial charge >= 0.3 is 0 Å². The van der Waals surface area contributed by atoms with Gasteiger partial charge in [0.05, 0.1) is 0 Å². The third-order valence-corrected chi connectivity index (χ3v) is 4.28. The van der Waals surface area contributed by atoms with Crippen molar-refractivity contribution >= 4 is 5.91 Å². The fourth-order valence-electron chi connectivity index (χ4n) is 2.70. The number of hydrogen-bond donors (Lipinski definition) is 1. The average molecular weight is 265 g/mol. The molecule has 0 radical (unpaired) electrons. The third-order valence-electron chi connectivity index (χ3n) is 4.28. The Kier molecular flexibility index (Phi) is 3.25. The topological polar surface area (TPSA) is 29.1 Å². The van der Waals surface area contributed by atoms with Crippen LogP contribution in [0.15, 0.2) is 18.2 Å². The van der Waals surface area contributed by atoms with Gasteiger partial charge in [0.15, 0.2) is 0 Å². The molecule has 1 amide bonds. The third kappa shape index (κ3) is 2.62. The second-order valence-corrected chi connectivity index (χ2v) is 5.66. The molecule has 3 rings (SSSR count). The molecule has 19 heavy (non-hydrogen) atoms. The predicted molar refractivity (Wildman–Crippen MR) is 67.6 cm³/mol. The molecule has 0 saturated heterocycles. The number of halogens is 2. The molecule has 2 fully saturated rings. The van der Waals surface area contributed by atoms with E-state index in [0.29, 0.717) is 17.9 Å². The number of rotatable bonds is 4. The van der Waals surface area contributed by atoms with Crippen molar-refractivity contribution in [2.75, 3.05) is 6.54 Å². The van der Waals surface area contributed by atoms with Crippen molar-refractivity contribution in [1.29, 1.82) is 0 Å². The van der Waals surface area contributed by atoms with Crippen LogP contribution >= 0.6 is 0 Å². The highest BCUT2D eigenvalue weighted by molar-refractivity contribution is 5.82. The minimum atomic E-state index is -0.576. The Morgan fingerprint density at radius 3 is 2.74 bits per heavy atom. The monoisotopic (exact) mass is 265 g/mol. The minimum Gasteiger partial charge on any atom is -0.356 e. The van der Waals surface area contributed by atoms with Crippen LogP contribution in [0.5, 0.6) is 0 Å². The molecule has 2 saturated carbocycles. The smallest absolute Gasteiger partial charge is 0.223 e. The van der Waals surface area contributed by atoms with Gasteiger partial charge in [-0.25, -0.2) is 8.78 Å². The molecule has 0 unspecified atom stereocenters. The quantitative estimate of drug-likeness (QED) is 0.891. The van der Waals surface area contributed by atoms with Crippen molar-refractivity contribution in [2.45, 2.75) is 31.6 Å². The molecule has 2 aliphatic carbocycles. The highest BCUT2D eigenvalue weighted by Gasteiger charge is 2.45. The van der Waals surface area contributed by atoms with Gasteiger partial charge < -0.3 is 5.32 Å². The van der Waals surface area contributed by atoms with Crippen LogP contribution in [0.25, 0.3) is 0 Å². The first-order valence-electron chi connectivity index (χ1n) is 6.88. The van der Waals surface area contributed by atoms with Gasteiger partial charge in [-0.2, -0.15) is 0 Å². The van der Waals surface area contributed by atoms with E-state index in [-0.39, 0.29) is 17.7 Å². The van der Waals surface area contributed by atoms with E-state index in [0.717, 1.165) is 12.6 Å². The first-order valence-corrected chi connectivity index (χ1v) is 6.88. The Morgan fingerprint density at radius 1 is 1.32 bits per heavy atom. The summed E-state index contributed by atoms with van der Waals surface area (Å²) in [5.74, 6) is -0.696. The Balaban J connectivity index is 1.55. The highest BCUT2D eigenvalue weighted by atomic mass is 19.1. The number of amides is 1. The lowest BCUT2D eigenvalue weighted by molar-refractivity contribution is -0.122. The summed E-state index contributed by atoms with van der Waals surface area (Å²) < 4.78 is 26.4. The first kappa shape index (κ1) is 12.6. The van der Waals surface area contributed by atoms with Crippen molar-refractivity contribution in [3.05, 3.63) is 35.4 Å². The largest absolute Gasteiger partial charge is 0.356 e. The second-order valence-electron chi connectivity index (χ2n) is 5.66. The second kappa shape index (κ2) is 4.91. The van der Waals surface area contributed by atoms with Crippen LogP contribution < -0.4 is 5.32 Å². The molecular weight excluding hydrogens is 248 g/mol. The Morgan fingerprint density at radius 2 is 2.11 bits per heavy atom. The van der Waals surface area contributed by atoms with Crippen molar-refractivity contribution in [2.24, 2.45) is 11.8 Å². The van der Waals surface area contributed by atoms with Crippen LogP contribution in [0.3, 0.4) is 0 Å². The SMILES string of the molecule is O=C(NCC1CCC1)[C@@H]1C[C@H]1c1ccc(F)cc1F. The van der Waals surface area contributed by atoms with E-state index in [1.54, 1.807) is 0 Å². The van der Waals surface area contributed by atoms with E-state index >= 15 is 0 Å². The number of carbonyl (C=O) groups excluding carboxylic acids is 1. The molecule has 0 bridgehead atoms. The Labute approximate surface area is 111 Å². The maximum absolute atomic E-state index is 13.6. The van der Waals surface area contributed by atoms with Crippen LogP contribution in [-0.2, 0) is 4.79 Å². The molecule has 0 heterocycles. The van der Waals surface area contributed by atoms with Crippen molar-refractivity contribution in [3.8, 4) is 0 Å². The van der Waals surface area contributed by atoms with E-state index in [4.69, 9.17) is 0 Å². The molecule has 4 heteroatoms. The van der Waals surface area contributed by atoms with Gasteiger partial charge in [-0.05, 0) is 42.7 Å². The van der Waals surface area contributed by atoms with Crippen LogP contribution in [0.2, 0.25) is 0 Å². The van der Waals surface area contributed by atoms with Gasteiger partial charge in [-0.15, -0.1) is 0 Å². The molecule has 2 aliphatic rings.